The zero-order valence-electron chi connectivity index (χ0n) is 10.2. The Hall–Kier alpha value is -0.360. The third-order valence-electron chi connectivity index (χ3n) is 3.56. The zero-order chi connectivity index (χ0) is 13.8. The van der Waals surface area contributed by atoms with E-state index in [1.165, 1.54) is 0 Å². The van der Waals surface area contributed by atoms with Crippen molar-refractivity contribution in [1.82, 2.24) is 0 Å². The maximum Gasteiger partial charge on any atom is 0.303 e. The number of thiol groups is 2. The molecule has 6 heteroatoms. The van der Waals surface area contributed by atoms with Crippen molar-refractivity contribution >= 4 is 37.2 Å². The van der Waals surface area contributed by atoms with Crippen molar-refractivity contribution in [3.05, 3.63) is 0 Å². The van der Waals surface area contributed by atoms with E-state index in [9.17, 15) is 9.59 Å². The summed E-state index contributed by atoms with van der Waals surface area (Å²) >= 11 is 8.14. The van der Waals surface area contributed by atoms with Gasteiger partial charge in [0, 0.05) is 6.42 Å². The molecule has 0 bridgehead atoms. The number of hydrogen-bond acceptors (Lipinski definition) is 4. The SMILES string of the molecule is O=C(O)CC1(CS)CC1.O=C(O)CC1CC1CS. The highest BCUT2D eigenvalue weighted by Crippen LogP contribution is 2.49. The smallest absolute Gasteiger partial charge is 0.303 e. The lowest BCUT2D eigenvalue weighted by atomic mass is 10.1. The molecule has 2 saturated carbocycles. The van der Waals surface area contributed by atoms with Gasteiger partial charge in [0.1, 0.15) is 0 Å². The predicted molar refractivity (Wildman–Crippen MR) is 75.5 cm³/mol. The quantitative estimate of drug-likeness (QED) is 0.566. The van der Waals surface area contributed by atoms with Crippen LogP contribution in [-0.4, -0.2) is 33.7 Å². The van der Waals surface area contributed by atoms with Crippen LogP contribution in [0.25, 0.3) is 0 Å². The van der Waals surface area contributed by atoms with E-state index in [4.69, 9.17) is 10.2 Å². The minimum Gasteiger partial charge on any atom is -0.481 e. The lowest BCUT2D eigenvalue weighted by molar-refractivity contribution is -0.138. The summed E-state index contributed by atoms with van der Waals surface area (Å²) in [5, 5.41) is 16.7. The van der Waals surface area contributed by atoms with Crippen molar-refractivity contribution < 1.29 is 19.8 Å². The van der Waals surface area contributed by atoms with Gasteiger partial charge in [-0.2, -0.15) is 25.3 Å². The number of rotatable bonds is 6. The molecule has 0 saturated heterocycles. The molecule has 0 aromatic heterocycles. The number of carboxylic acids is 2. The fraction of sp³-hybridized carbons (Fsp3) is 0.833. The van der Waals surface area contributed by atoms with E-state index in [0.29, 0.717) is 24.7 Å². The van der Waals surface area contributed by atoms with Crippen LogP contribution in [0.5, 0.6) is 0 Å². The van der Waals surface area contributed by atoms with Crippen LogP contribution >= 0.6 is 25.3 Å². The highest BCUT2D eigenvalue weighted by atomic mass is 32.1. The van der Waals surface area contributed by atoms with Crippen LogP contribution in [0.4, 0.5) is 0 Å². The summed E-state index contributed by atoms with van der Waals surface area (Å²) in [5.41, 5.74) is 0.0783. The Balaban J connectivity index is 0.000000180. The lowest BCUT2D eigenvalue weighted by Crippen LogP contribution is -2.09. The van der Waals surface area contributed by atoms with Crippen LogP contribution in [0.2, 0.25) is 0 Å². The molecule has 0 spiro atoms. The second-order valence-corrected chi connectivity index (χ2v) is 5.95. The van der Waals surface area contributed by atoms with Crippen LogP contribution < -0.4 is 0 Å². The molecule has 0 aromatic rings. The van der Waals surface area contributed by atoms with E-state index in [0.717, 1.165) is 30.8 Å². The Morgan fingerprint density at radius 2 is 1.72 bits per heavy atom. The summed E-state index contributed by atoms with van der Waals surface area (Å²) in [6.45, 7) is 0. The van der Waals surface area contributed by atoms with Crippen LogP contribution in [-0.2, 0) is 9.59 Å². The molecule has 0 amide bonds. The number of carboxylic acid groups (broad SMARTS) is 2. The molecule has 2 fully saturated rings. The molecular weight excluding hydrogens is 272 g/mol. The fourth-order valence-corrected chi connectivity index (χ4v) is 2.77. The molecule has 2 unspecified atom stereocenters. The van der Waals surface area contributed by atoms with Crippen molar-refractivity contribution in [3.8, 4) is 0 Å². The van der Waals surface area contributed by atoms with E-state index in [1.807, 2.05) is 0 Å². The Morgan fingerprint density at radius 3 is 1.94 bits per heavy atom. The van der Waals surface area contributed by atoms with Crippen molar-refractivity contribution in [2.24, 2.45) is 17.3 Å². The molecule has 2 aliphatic rings. The standard InChI is InChI=1S/2C6H10O2S/c7-6(8)2-4-1-5(4)3-9;7-5(8)3-6(4-9)1-2-6/h4-5,9H,1-3H2,(H,7,8);9H,1-4H2,(H,7,8). The van der Waals surface area contributed by atoms with Crippen molar-refractivity contribution in [2.75, 3.05) is 11.5 Å². The van der Waals surface area contributed by atoms with Crippen molar-refractivity contribution in [1.29, 1.82) is 0 Å². The van der Waals surface area contributed by atoms with E-state index < -0.39 is 11.9 Å². The minimum absolute atomic E-state index is 0.0783. The van der Waals surface area contributed by atoms with Crippen LogP contribution in [0.3, 0.4) is 0 Å². The van der Waals surface area contributed by atoms with Gasteiger partial charge in [0.25, 0.3) is 0 Å². The maximum atomic E-state index is 10.2. The van der Waals surface area contributed by atoms with Crippen LogP contribution in [0.15, 0.2) is 0 Å². The minimum atomic E-state index is -0.693. The first-order valence-corrected chi connectivity index (χ1v) is 7.34. The van der Waals surface area contributed by atoms with Gasteiger partial charge in [-0.15, -0.1) is 0 Å². The van der Waals surface area contributed by atoms with Gasteiger partial charge in [0.05, 0.1) is 6.42 Å². The van der Waals surface area contributed by atoms with E-state index in [1.54, 1.807) is 0 Å². The van der Waals surface area contributed by atoms with Gasteiger partial charge in [0.2, 0.25) is 0 Å². The lowest BCUT2D eigenvalue weighted by Gasteiger charge is -2.05. The van der Waals surface area contributed by atoms with E-state index >= 15 is 0 Å². The first-order chi connectivity index (χ1) is 8.42. The van der Waals surface area contributed by atoms with Gasteiger partial charge in [-0.3, -0.25) is 9.59 Å². The monoisotopic (exact) mass is 292 g/mol. The predicted octanol–water partition coefficient (Wildman–Crippen LogP) is 2.20. The maximum absolute atomic E-state index is 10.2. The van der Waals surface area contributed by atoms with Crippen LogP contribution in [0.1, 0.15) is 32.1 Å². The molecule has 4 nitrogen and oxygen atoms in total. The van der Waals surface area contributed by atoms with Gasteiger partial charge in [-0.1, -0.05) is 0 Å². The molecule has 0 aromatic carbocycles. The van der Waals surface area contributed by atoms with E-state index in [2.05, 4.69) is 25.3 Å². The summed E-state index contributed by atoms with van der Waals surface area (Å²) < 4.78 is 0. The average Bonchev–Trinajstić information content (AvgIpc) is 3.16. The molecule has 2 aliphatic carbocycles. The van der Waals surface area contributed by atoms with Crippen molar-refractivity contribution in [2.45, 2.75) is 32.1 Å². The van der Waals surface area contributed by atoms with Gasteiger partial charge in [-0.25, -0.2) is 0 Å². The van der Waals surface area contributed by atoms with Gasteiger partial charge < -0.3 is 10.2 Å². The summed E-state index contributed by atoms with van der Waals surface area (Å²) in [4.78, 5) is 20.3. The molecule has 2 atom stereocenters. The second-order valence-electron chi connectivity index (χ2n) is 5.26. The summed E-state index contributed by atoms with van der Waals surface area (Å²) in [6, 6.07) is 0. The molecule has 0 heterocycles. The number of aliphatic carboxylic acids is 2. The zero-order valence-corrected chi connectivity index (χ0v) is 12.0. The Labute approximate surface area is 118 Å². The highest BCUT2D eigenvalue weighted by molar-refractivity contribution is 7.80. The largest absolute Gasteiger partial charge is 0.481 e. The molecule has 0 aliphatic heterocycles. The van der Waals surface area contributed by atoms with E-state index in [-0.39, 0.29) is 5.41 Å². The van der Waals surface area contributed by atoms with Gasteiger partial charge in [0.15, 0.2) is 0 Å². The number of hydrogen-bond donors (Lipinski definition) is 4. The molecule has 0 radical (unpaired) electrons. The summed E-state index contributed by atoms with van der Waals surface area (Å²) in [6.07, 6.45) is 3.79. The number of carbonyl (C=O) groups is 2. The van der Waals surface area contributed by atoms with Crippen molar-refractivity contribution in [3.63, 3.8) is 0 Å². The normalized spacial score (nSPS) is 26.8. The van der Waals surface area contributed by atoms with Gasteiger partial charge in [-0.05, 0) is 48.0 Å². The average molecular weight is 292 g/mol. The van der Waals surface area contributed by atoms with Gasteiger partial charge >= 0.3 is 11.9 Å². The Bertz CT molecular complexity index is 315. The molecular formula is C12H20O4S2. The molecule has 2 rings (SSSR count). The third kappa shape index (κ3) is 5.52. The first-order valence-electron chi connectivity index (χ1n) is 6.08. The first kappa shape index (κ1) is 15.7. The fourth-order valence-electron chi connectivity index (χ4n) is 1.90. The van der Waals surface area contributed by atoms with Crippen LogP contribution in [0, 0.1) is 17.3 Å². The summed E-state index contributed by atoms with van der Waals surface area (Å²) in [5.74, 6) is 1.22. The third-order valence-corrected chi connectivity index (χ3v) is 4.70. The second kappa shape index (κ2) is 6.70. The summed E-state index contributed by atoms with van der Waals surface area (Å²) in [7, 11) is 0. The molecule has 18 heavy (non-hydrogen) atoms. The Kier molecular flexibility index (Phi) is 5.85. The highest BCUT2D eigenvalue weighted by Gasteiger charge is 2.42. The topological polar surface area (TPSA) is 74.6 Å². The Morgan fingerprint density at radius 1 is 1.11 bits per heavy atom. The molecule has 2 N–H and O–H groups in total. The molecule has 104 valence electrons.